The number of carboxylic acids is 1. The van der Waals surface area contributed by atoms with E-state index in [0.717, 1.165) is 0 Å². The maximum atomic E-state index is 12.2. The summed E-state index contributed by atoms with van der Waals surface area (Å²) >= 11 is 0. The van der Waals surface area contributed by atoms with Crippen molar-refractivity contribution in [2.24, 2.45) is 0 Å². The van der Waals surface area contributed by atoms with E-state index in [9.17, 15) is 22.8 Å². The van der Waals surface area contributed by atoms with Crippen LogP contribution < -0.4 is 4.74 Å². The van der Waals surface area contributed by atoms with Crippen LogP contribution in [0.5, 0.6) is 5.75 Å². The Morgan fingerprint density at radius 3 is 2.74 bits per heavy atom. The number of alkyl halides is 3. The highest BCUT2D eigenvalue weighted by molar-refractivity contribution is 5.85. The van der Waals surface area contributed by atoms with Crippen molar-refractivity contribution in [1.29, 1.82) is 0 Å². The van der Waals surface area contributed by atoms with E-state index in [1.807, 2.05) is 0 Å². The lowest BCUT2D eigenvalue weighted by Crippen LogP contribution is -2.41. The van der Waals surface area contributed by atoms with Crippen molar-refractivity contribution >= 4 is 11.9 Å². The molecule has 0 saturated carbocycles. The van der Waals surface area contributed by atoms with Crippen molar-refractivity contribution in [3.05, 3.63) is 29.8 Å². The molecule has 1 N–H and O–H groups in total. The van der Waals surface area contributed by atoms with Crippen LogP contribution in [0.15, 0.2) is 24.3 Å². The van der Waals surface area contributed by atoms with Crippen LogP contribution in [0.25, 0.3) is 0 Å². The van der Waals surface area contributed by atoms with E-state index in [1.54, 1.807) is 6.07 Å². The van der Waals surface area contributed by atoms with Crippen LogP contribution in [0.1, 0.15) is 18.4 Å². The first-order valence-electron chi connectivity index (χ1n) is 7.07. The van der Waals surface area contributed by atoms with Crippen molar-refractivity contribution in [2.45, 2.75) is 31.5 Å². The largest absolute Gasteiger partial charge is 0.484 e. The first-order valence-corrected chi connectivity index (χ1v) is 7.07. The Bertz CT molecular complexity index is 588. The number of hydrogen-bond acceptors (Lipinski definition) is 3. The van der Waals surface area contributed by atoms with Gasteiger partial charge in [0.2, 0.25) is 5.91 Å². The van der Waals surface area contributed by atoms with Crippen LogP contribution in [-0.2, 0) is 16.0 Å². The van der Waals surface area contributed by atoms with Crippen LogP contribution in [0, 0.1) is 0 Å². The molecular weight excluding hydrogens is 315 g/mol. The Hall–Kier alpha value is -2.25. The van der Waals surface area contributed by atoms with Crippen molar-refractivity contribution in [2.75, 3.05) is 13.2 Å². The van der Waals surface area contributed by atoms with Crippen LogP contribution >= 0.6 is 0 Å². The number of carbonyl (C=O) groups excluding carboxylic acids is 1. The summed E-state index contributed by atoms with van der Waals surface area (Å²) in [7, 11) is 0. The molecule has 0 aliphatic carbocycles. The lowest BCUT2D eigenvalue weighted by Gasteiger charge is -2.21. The molecule has 2 rings (SSSR count). The second-order valence-electron chi connectivity index (χ2n) is 5.31. The molecule has 1 amide bonds. The molecule has 0 spiro atoms. The number of carboxylic acid groups (broad SMARTS) is 1. The number of halogens is 3. The Morgan fingerprint density at radius 2 is 2.09 bits per heavy atom. The van der Waals surface area contributed by atoms with Gasteiger partial charge in [-0.1, -0.05) is 12.1 Å². The Labute approximate surface area is 130 Å². The summed E-state index contributed by atoms with van der Waals surface area (Å²) in [5.74, 6) is -1.38. The van der Waals surface area contributed by atoms with E-state index in [2.05, 4.69) is 4.74 Å². The number of ether oxygens (including phenoxy) is 1. The molecule has 1 aromatic rings. The molecule has 1 fully saturated rings. The molecule has 0 radical (unpaired) electrons. The zero-order chi connectivity index (χ0) is 17.0. The van der Waals surface area contributed by atoms with Gasteiger partial charge in [0.25, 0.3) is 0 Å². The van der Waals surface area contributed by atoms with Gasteiger partial charge in [-0.25, -0.2) is 4.79 Å². The molecule has 0 unspecified atom stereocenters. The normalized spacial score (nSPS) is 18.0. The molecule has 5 nitrogen and oxygen atoms in total. The van der Waals surface area contributed by atoms with E-state index in [1.165, 1.54) is 23.1 Å². The van der Waals surface area contributed by atoms with Gasteiger partial charge in [-0.05, 0) is 30.5 Å². The highest BCUT2D eigenvalue weighted by atomic mass is 19.4. The predicted molar refractivity (Wildman–Crippen MR) is 74.1 cm³/mol. The van der Waals surface area contributed by atoms with Crippen LogP contribution in [-0.4, -0.2) is 47.3 Å². The summed E-state index contributed by atoms with van der Waals surface area (Å²) in [5, 5.41) is 9.07. The predicted octanol–water partition coefficient (Wildman–Crippen LogP) is 2.25. The number of nitrogens with zero attached hydrogens (tertiary/aromatic N) is 1. The molecule has 1 atom stereocenters. The fourth-order valence-electron chi connectivity index (χ4n) is 2.51. The summed E-state index contributed by atoms with van der Waals surface area (Å²) in [6.45, 7) is -1.03. The summed E-state index contributed by atoms with van der Waals surface area (Å²) in [6, 6.07) is 4.98. The number of likely N-dealkylation sites (tertiary alicyclic amines) is 1. The van der Waals surface area contributed by atoms with Gasteiger partial charge in [0, 0.05) is 6.54 Å². The third-order valence-electron chi connectivity index (χ3n) is 3.51. The molecule has 126 valence electrons. The molecule has 1 heterocycles. The molecule has 1 aliphatic heterocycles. The van der Waals surface area contributed by atoms with Gasteiger partial charge in [0.05, 0.1) is 6.42 Å². The summed E-state index contributed by atoms with van der Waals surface area (Å²) in [4.78, 5) is 24.6. The number of aliphatic carboxylic acids is 1. The summed E-state index contributed by atoms with van der Waals surface area (Å²) < 4.78 is 41.0. The summed E-state index contributed by atoms with van der Waals surface area (Å²) in [5.41, 5.74) is 0.478. The topological polar surface area (TPSA) is 66.8 Å². The van der Waals surface area contributed by atoms with Gasteiger partial charge in [-0.2, -0.15) is 13.2 Å². The first-order chi connectivity index (χ1) is 10.8. The molecule has 1 saturated heterocycles. The SMILES string of the molecule is O=C(O)[C@@H]1CCCN1C(=O)Cc1cccc(OCC(F)(F)F)c1. The summed E-state index contributed by atoms with van der Waals surface area (Å²) in [6.07, 6.45) is -3.48. The molecule has 0 aromatic heterocycles. The molecule has 8 heteroatoms. The third kappa shape index (κ3) is 4.87. The lowest BCUT2D eigenvalue weighted by molar-refractivity contribution is -0.153. The van der Waals surface area contributed by atoms with Gasteiger partial charge in [0.15, 0.2) is 6.61 Å². The van der Waals surface area contributed by atoms with Crippen LogP contribution in [0.2, 0.25) is 0 Å². The Kier molecular flexibility index (Phi) is 5.12. The van der Waals surface area contributed by atoms with E-state index < -0.39 is 24.8 Å². The number of amides is 1. The van der Waals surface area contributed by atoms with E-state index in [0.29, 0.717) is 24.9 Å². The maximum Gasteiger partial charge on any atom is 0.422 e. The lowest BCUT2D eigenvalue weighted by atomic mass is 10.1. The monoisotopic (exact) mass is 331 g/mol. The van der Waals surface area contributed by atoms with Crippen LogP contribution in [0.4, 0.5) is 13.2 Å². The molecule has 1 aliphatic rings. The zero-order valence-corrected chi connectivity index (χ0v) is 12.2. The van der Waals surface area contributed by atoms with Crippen molar-refractivity contribution in [3.8, 4) is 5.75 Å². The minimum atomic E-state index is -4.43. The van der Waals surface area contributed by atoms with Crippen molar-refractivity contribution < 1.29 is 32.6 Å². The Morgan fingerprint density at radius 1 is 1.35 bits per heavy atom. The van der Waals surface area contributed by atoms with E-state index in [4.69, 9.17) is 5.11 Å². The second-order valence-corrected chi connectivity index (χ2v) is 5.31. The third-order valence-corrected chi connectivity index (χ3v) is 3.51. The minimum absolute atomic E-state index is 0.0174. The van der Waals surface area contributed by atoms with Crippen molar-refractivity contribution in [1.82, 2.24) is 4.90 Å². The molecule has 1 aromatic carbocycles. The number of rotatable bonds is 5. The standard InChI is InChI=1S/C15H16F3NO4/c16-15(17,18)9-23-11-4-1-3-10(7-11)8-13(20)19-6-2-5-12(19)14(21)22/h1,3-4,7,12H,2,5-6,8-9H2,(H,21,22)/t12-/m0/s1. The quantitative estimate of drug-likeness (QED) is 0.899. The van der Waals surface area contributed by atoms with Gasteiger partial charge >= 0.3 is 12.1 Å². The zero-order valence-electron chi connectivity index (χ0n) is 12.2. The van der Waals surface area contributed by atoms with E-state index in [-0.39, 0.29) is 18.1 Å². The molecule has 0 bridgehead atoms. The Balaban J connectivity index is 2.00. The fraction of sp³-hybridized carbons (Fsp3) is 0.467. The second kappa shape index (κ2) is 6.89. The average molecular weight is 331 g/mol. The van der Waals surface area contributed by atoms with Gasteiger partial charge in [-0.15, -0.1) is 0 Å². The first kappa shape index (κ1) is 17.1. The van der Waals surface area contributed by atoms with Crippen LogP contribution in [0.3, 0.4) is 0 Å². The van der Waals surface area contributed by atoms with Gasteiger partial charge in [0.1, 0.15) is 11.8 Å². The maximum absolute atomic E-state index is 12.2. The molecule has 23 heavy (non-hydrogen) atoms. The van der Waals surface area contributed by atoms with E-state index >= 15 is 0 Å². The highest BCUT2D eigenvalue weighted by Gasteiger charge is 2.33. The highest BCUT2D eigenvalue weighted by Crippen LogP contribution is 2.22. The van der Waals surface area contributed by atoms with Gasteiger partial charge in [-0.3, -0.25) is 4.79 Å². The smallest absolute Gasteiger partial charge is 0.422 e. The fourth-order valence-corrected chi connectivity index (χ4v) is 2.51. The number of hydrogen-bond donors (Lipinski definition) is 1. The van der Waals surface area contributed by atoms with Crippen molar-refractivity contribution in [3.63, 3.8) is 0 Å². The number of benzene rings is 1. The van der Waals surface area contributed by atoms with Gasteiger partial charge < -0.3 is 14.7 Å². The molecular formula is C15H16F3NO4. The minimum Gasteiger partial charge on any atom is -0.484 e. The average Bonchev–Trinajstić information content (AvgIpc) is 2.94. The number of carbonyl (C=O) groups is 2.